The summed E-state index contributed by atoms with van der Waals surface area (Å²) in [5.41, 5.74) is 0.338. The van der Waals surface area contributed by atoms with Crippen molar-refractivity contribution >= 4 is 5.91 Å². The Bertz CT molecular complexity index is 250. The van der Waals surface area contributed by atoms with Gasteiger partial charge in [0.15, 0.2) is 0 Å². The smallest absolute Gasteiger partial charge is 0.224 e. The van der Waals surface area contributed by atoms with Gasteiger partial charge in [-0.2, -0.15) is 0 Å². The number of carbonyl (C=O) groups is 1. The topological polar surface area (TPSA) is 41.1 Å². The standard InChI is InChI=1S/C11H20N2O/c1-7-5-12-6-8(7)10(14)13-9-4-11(9,2)3/h7-9,12H,4-6H2,1-3H3,(H,13,14). The highest BCUT2D eigenvalue weighted by Crippen LogP contribution is 2.44. The van der Waals surface area contributed by atoms with Crippen molar-refractivity contribution in [2.24, 2.45) is 17.3 Å². The number of amides is 1. The van der Waals surface area contributed by atoms with Crippen LogP contribution in [0, 0.1) is 17.3 Å². The van der Waals surface area contributed by atoms with Gasteiger partial charge < -0.3 is 10.6 Å². The minimum absolute atomic E-state index is 0.186. The van der Waals surface area contributed by atoms with Crippen LogP contribution in [0.4, 0.5) is 0 Å². The predicted octanol–water partition coefficient (Wildman–Crippen LogP) is 0.757. The maximum absolute atomic E-state index is 11.8. The third-order valence-electron chi connectivity index (χ3n) is 3.68. The minimum Gasteiger partial charge on any atom is -0.353 e. The molecule has 80 valence electrons. The molecule has 3 heteroatoms. The fourth-order valence-corrected chi connectivity index (χ4v) is 2.15. The highest BCUT2D eigenvalue weighted by atomic mass is 16.2. The number of carbonyl (C=O) groups excluding carboxylic acids is 1. The molecular weight excluding hydrogens is 176 g/mol. The van der Waals surface area contributed by atoms with Crippen LogP contribution in [0.15, 0.2) is 0 Å². The number of nitrogens with one attached hydrogen (secondary N) is 2. The van der Waals surface area contributed by atoms with Crippen molar-refractivity contribution in [1.82, 2.24) is 10.6 Å². The molecule has 0 bridgehead atoms. The molecule has 2 N–H and O–H groups in total. The van der Waals surface area contributed by atoms with Gasteiger partial charge in [0.25, 0.3) is 0 Å². The molecule has 0 spiro atoms. The van der Waals surface area contributed by atoms with Gasteiger partial charge >= 0.3 is 0 Å². The average molecular weight is 196 g/mol. The lowest BCUT2D eigenvalue weighted by atomic mass is 9.97. The molecule has 0 aromatic heterocycles. The highest BCUT2D eigenvalue weighted by Gasteiger charge is 2.47. The van der Waals surface area contributed by atoms with Crippen molar-refractivity contribution < 1.29 is 4.79 Å². The van der Waals surface area contributed by atoms with Crippen molar-refractivity contribution in [2.75, 3.05) is 13.1 Å². The van der Waals surface area contributed by atoms with Crippen molar-refractivity contribution in [1.29, 1.82) is 0 Å². The van der Waals surface area contributed by atoms with Gasteiger partial charge in [-0.25, -0.2) is 0 Å². The summed E-state index contributed by atoms with van der Waals surface area (Å²) in [6.45, 7) is 8.37. The van der Waals surface area contributed by atoms with E-state index in [4.69, 9.17) is 0 Å². The van der Waals surface area contributed by atoms with Crippen molar-refractivity contribution in [3.63, 3.8) is 0 Å². The van der Waals surface area contributed by atoms with E-state index in [1.165, 1.54) is 0 Å². The Morgan fingerprint density at radius 3 is 2.50 bits per heavy atom. The zero-order valence-electron chi connectivity index (χ0n) is 9.26. The molecule has 3 unspecified atom stereocenters. The van der Waals surface area contributed by atoms with E-state index in [1.54, 1.807) is 0 Å². The van der Waals surface area contributed by atoms with Crippen LogP contribution in [-0.2, 0) is 4.79 Å². The first kappa shape index (κ1) is 9.97. The van der Waals surface area contributed by atoms with Crippen molar-refractivity contribution in [3.8, 4) is 0 Å². The molecule has 3 atom stereocenters. The molecule has 2 rings (SSSR count). The fraction of sp³-hybridized carbons (Fsp3) is 0.909. The number of hydrogen-bond acceptors (Lipinski definition) is 2. The van der Waals surface area contributed by atoms with Crippen molar-refractivity contribution in [3.05, 3.63) is 0 Å². The Labute approximate surface area is 85.6 Å². The molecule has 1 aliphatic heterocycles. The lowest BCUT2D eigenvalue weighted by Gasteiger charge is -2.14. The molecule has 3 nitrogen and oxygen atoms in total. The molecule has 0 aromatic carbocycles. The summed E-state index contributed by atoms with van der Waals surface area (Å²) in [5.74, 6) is 0.918. The maximum atomic E-state index is 11.8. The van der Waals surface area contributed by atoms with Gasteiger partial charge in [-0.1, -0.05) is 20.8 Å². The summed E-state index contributed by atoms with van der Waals surface area (Å²) < 4.78 is 0. The summed E-state index contributed by atoms with van der Waals surface area (Å²) >= 11 is 0. The largest absolute Gasteiger partial charge is 0.353 e. The maximum Gasteiger partial charge on any atom is 0.224 e. The third-order valence-corrected chi connectivity index (χ3v) is 3.68. The van der Waals surface area contributed by atoms with Gasteiger partial charge in [-0.05, 0) is 24.3 Å². The number of rotatable bonds is 2. The highest BCUT2D eigenvalue weighted by molar-refractivity contribution is 5.80. The van der Waals surface area contributed by atoms with Crippen LogP contribution < -0.4 is 10.6 Å². The summed E-state index contributed by atoms with van der Waals surface area (Å²) in [6.07, 6.45) is 1.13. The van der Waals surface area contributed by atoms with Gasteiger partial charge in [-0.3, -0.25) is 4.79 Å². The van der Waals surface area contributed by atoms with E-state index in [0.717, 1.165) is 19.5 Å². The minimum atomic E-state index is 0.186. The number of hydrogen-bond donors (Lipinski definition) is 2. The molecule has 2 aliphatic rings. The summed E-state index contributed by atoms with van der Waals surface area (Å²) in [7, 11) is 0. The lowest BCUT2D eigenvalue weighted by molar-refractivity contribution is -0.125. The molecule has 1 saturated carbocycles. The molecule has 1 aliphatic carbocycles. The van der Waals surface area contributed by atoms with E-state index < -0.39 is 0 Å². The van der Waals surface area contributed by atoms with E-state index in [1.807, 2.05) is 0 Å². The second-order valence-electron chi connectivity index (χ2n) is 5.50. The lowest BCUT2D eigenvalue weighted by Crippen LogP contribution is -2.37. The van der Waals surface area contributed by atoms with E-state index >= 15 is 0 Å². The average Bonchev–Trinajstić information content (AvgIpc) is 2.53. The Morgan fingerprint density at radius 1 is 1.43 bits per heavy atom. The van der Waals surface area contributed by atoms with Gasteiger partial charge in [0.1, 0.15) is 0 Å². The van der Waals surface area contributed by atoms with E-state index in [9.17, 15) is 4.79 Å². The van der Waals surface area contributed by atoms with E-state index in [2.05, 4.69) is 31.4 Å². The van der Waals surface area contributed by atoms with Gasteiger partial charge in [0, 0.05) is 12.6 Å². The zero-order chi connectivity index (χ0) is 10.3. The third kappa shape index (κ3) is 1.78. The van der Waals surface area contributed by atoms with Gasteiger partial charge in [0.05, 0.1) is 5.92 Å². The van der Waals surface area contributed by atoms with Crippen LogP contribution in [0.3, 0.4) is 0 Å². The molecule has 1 saturated heterocycles. The van der Waals surface area contributed by atoms with Gasteiger partial charge in [-0.15, -0.1) is 0 Å². The first-order valence-electron chi connectivity index (χ1n) is 5.52. The first-order valence-corrected chi connectivity index (χ1v) is 5.52. The predicted molar refractivity (Wildman–Crippen MR) is 55.9 cm³/mol. The Hall–Kier alpha value is -0.570. The van der Waals surface area contributed by atoms with Gasteiger partial charge in [0.2, 0.25) is 5.91 Å². The summed E-state index contributed by atoms with van der Waals surface area (Å²) in [4.78, 5) is 11.8. The van der Waals surface area contributed by atoms with Crippen LogP contribution in [0.25, 0.3) is 0 Å². The normalized spacial score (nSPS) is 39.5. The van der Waals surface area contributed by atoms with Crippen molar-refractivity contribution in [2.45, 2.75) is 33.2 Å². The molecular formula is C11H20N2O. The Morgan fingerprint density at radius 2 is 2.07 bits per heavy atom. The van der Waals surface area contributed by atoms with Crippen LogP contribution in [0.5, 0.6) is 0 Å². The fourth-order valence-electron chi connectivity index (χ4n) is 2.15. The van der Waals surface area contributed by atoms with Crippen LogP contribution in [-0.4, -0.2) is 25.0 Å². The zero-order valence-corrected chi connectivity index (χ0v) is 9.26. The van der Waals surface area contributed by atoms with Crippen LogP contribution in [0.2, 0.25) is 0 Å². The van der Waals surface area contributed by atoms with Crippen LogP contribution in [0.1, 0.15) is 27.2 Å². The Balaban J connectivity index is 1.84. The van der Waals surface area contributed by atoms with E-state index in [0.29, 0.717) is 17.4 Å². The molecule has 0 aromatic rings. The van der Waals surface area contributed by atoms with Crippen LogP contribution >= 0.6 is 0 Å². The molecule has 1 amide bonds. The second-order valence-corrected chi connectivity index (χ2v) is 5.50. The molecule has 0 radical (unpaired) electrons. The molecule has 1 heterocycles. The van der Waals surface area contributed by atoms with E-state index in [-0.39, 0.29) is 11.8 Å². The quantitative estimate of drug-likeness (QED) is 0.684. The first-order chi connectivity index (χ1) is 6.50. The summed E-state index contributed by atoms with van der Waals surface area (Å²) in [5, 5.41) is 6.39. The molecule has 14 heavy (non-hydrogen) atoms. The second kappa shape index (κ2) is 3.23. The summed E-state index contributed by atoms with van der Waals surface area (Å²) in [6, 6.07) is 0.419. The SMILES string of the molecule is CC1CNCC1C(=O)NC1CC1(C)C. The Kier molecular flexibility index (Phi) is 2.30. The molecule has 2 fully saturated rings. The monoisotopic (exact) mass is 196 g/mol.